The maximum Gasteiger partial charge on any atom is 0.416 e. The van der Waals surface area contributed by atoms with Gasteiger partial charge in [0.1, 0.15) is 11.5 Å². The molecule has 1 atom stereocenters. The van der Waals surface area contributed by atoms with E-state index in [-0.39, 0.29) is 12.1 Å². The topological polar surface area (TPSA) is 76.7 Å². The van der Waals surface area contributed by atoms with Gasteiger partial charge in [0.05, 0.1) is 36.4 Å². The van der Waals surface area contributed by atoms with Gasteiger partial charge in [0.2, 0.25) is 11.8 Å². The first kappa shape index (κ1) is 20.8. The Bertz CT molecular complexity index is 950. The quantitative estimate of drug-likeness (QED) is 0.751. The Morgan fingerprint density at radius 3 is 2.59 bits per heavy atom. The Morgan fingerprint density at radius 1 is 1.17 bits per heavy atom. The lowest BCUT2D eigenvalue weighted by molar-refractivity contribution is -0.137. The summed E-state index contributed by atoms with van der Waals surface area (Å²) in [6.07, 6.45) is -4.66. The average molecular weight is 426 g/mol. The van der Waals surface area contributed by atoms with Crippen molar-refractivity contribution >= 4 is 35.0 Å². The van der Waals surface area contributed by atoms with Gasteiger partial charge in [0, 0.05) is 17.4 Å². The molecule has 0 bridgehead atoms. The van der Waals surface area contributed by atoms with Crippen molar-refractivity contribution in [3.05, 3.63) is 42.0 Å². The molecule has 0 aliphatic carbocycles. The first-order valence-corrected chi connectivity index (χ1v) is 9.30. The highest BCUT2D eigenvalue weighted by atomic mass is 32.2. The number of benzene rings is 2. The lowest BCUT2D eigenvalue weighted by atomic mass is 10.1. The van der Waals surface area contributed by atoms with Crippen LogP contribution in [0.15, 0.2) is 41.3 Å². The highest BCUT2D eigenvalue weighted by molar-refractivity contribution is 8.01. The maximum absolute atomic E-state index is 12.8. The van der Waals surface area contributed by atoms with E-state index in [1.54, 1.807) is 18.2 Å². The fourth-order valence-corrected chi connectivity index (χ4v) is 3.82. The molecule has 3 rings (SSSR count). The number of rotatable bonds is 5. The molecule has 2 aromatic carbocycles. The molecule has 29 heavy (non-hydrogen) atoms. The molecule has 0 spiro atoms. The number of hydrogen-bond donors (Lipinski definition) is 2. The van der Waals surface area contributed by atoms with Crippen LogP contribution >= 0.6 is 11.8 Å². The monoisotopic (exact) mass is 426 g/mol. The van der Waals surface area contributed by atoms with Crippen molar-refractivity contribution in [2.45, 2.75) is 22.7 Å². The molecule has 2 amide bonds. The van der Waals surface area contributed by atoms with Crippen molar-refractivity contribution < 1.29 is 32.2 Å². The number of carbonyl (C=O) groups excluding carboxylic acids is 2. The lowest BCUT2D eigenvalue weighted by Gasteiger charge is -2.24. The van der Waals surface area contributed by atoms with Crippen molar-refractivity contribution in [3.63, 3.8) is 0 Å². The van der Waals surface area contributed by atoms with Gasteiger partial charge in [-0.3, -0.25) is 9.59 Å². The number of halogens is 3. The molecule has 0 aromatic heterocycles. The van der Waals surface area contributed by atoms with Crippen LogP contribution in [0.4, 0.5) is 24.5 Å². The number of nitrogens with one attached hydrogen (secondary N) is 2. The molecule has 1 unspecified atom stereocenters. The van der Waals surface area contributed by atoms with Crippen molar-refractivity contribution in [2.24, 2.45) is 0 Å². The largest absolute Gasteiger partial charge is 0.497 e. The Kier molecular flexibility index (Phi) is 5.92. The fourth-order valence-electron chi connectivity index (χ4n) is 2.73. The summed E-state index contributed by atoms with van der Waals surface area (Å²) in [7, 11) is 2.95. The van der Waals surface area contributed by atoms with Gasteiger partial charge < -0.3 is 20.1 Å². The normalized spacial score (nSPS) is 15.9. The van der Waals surface area contributed by atoms with Crippen LogP contribution in [-0.4, -0.2) is 31.3 Å². The third-order valence-electron chi connectivity index (χ3n) is 4.18. The Labute approximate surface area is 168 Å². The van der Waals surface area contributed by atoms with Gasteiger partial charge in [-0.15, -0.1) is 11.8 Å². The zero-order valence-corrected chi connectivity index (χ0v) is 16.2. The molecular formula is C19H17F3N2O4S. The predicted molar refractivity (Wildman–Crippen MR) is 103 cm³/mol. The first-order valence-electron chi connectivity index (χ1n) is 8.42. The summed E-state index contributed by atoms with van der Waals surface area (Å²) in [4.78, 5) is 25.2. The second kappa shape index (κ2) is 8.24. The van der Waals surface area contributed by atoms with Crippen LogP contribution in [0.2, 0.25) is 0 Å². The number of thioether (sulfide) groups is 1. The van der Waals surface area contributed by atoms with Crippen molar-refractivity contribution in [1.82, 2.24) is 0 Å². The van der Waals surface area contributed by atoms with E-state index in [9.17, 15) is 22.8 Å². The van der Waals surface area contributed by atoms with Gasteiger partial charge in [-0.05, 0) is 30.3 Å². The predicted octanol–water partition coefficient (Wildman–Crippen LogP) is 4.16. The summed E-state index contributed by atoms with van der Waals surface area (Å²) < 4.78 is 48.8. The SMILES string of the molecule is COc1ccc(NC(=O)CC2Sc3ccc(C(F)(F)F)cc3NC2=O)c(OC)c1. The molecule has 154 valence electrons. The summed E-state index contributed by atoms with van der Waals surface area (Å²) in [5.41, 5.74) is -0.349. The molecule has 1 aliphatic rings. The van der Waals surface area contributed by atoms with Crippen LogP contribution in [-0.2, 0) is 15.8 Å². The van der Waals surface area contributed by atoms with Crippen molar-refractivity contribution in [2.75, 3.05) is 24.9 Å². The van der Waals surface area contributed by atoms with E-state index < -0.39 is 28.8 Å². The second-order valence-corrected chi connectivity index (χ2v) is 7.37. The Balaban J connectivity index is 1.70. The minimum atomic E-state index is -4.50. The summed E-state index contributed by atoms with van der Waals surface area (Å²) in [5, 5.41) is 4.35. The number of methoxy groups -OCH3 is 2. The van der Waals surface area contributed by atoms with E-state index in [1.807, 2.05) is 0 Å². The van der Waals surface area contributed by atoms with Crippen LogP contribution in [0.5, 0.6) is 11.5 Å². The molecule has 1 aliphatic heterocycles. The number of hydrogen-bond acceptors (Lipinski definition) is 5. The van der Waals surface area contributed by atoms with E-state index in [4.69, 9.17) is 9.47 Å². The standard InChI is InChI=1S/C19H17F3N2O4S/c1-27-11-4-5-12(14(8-11)28-2)23-17(25)9-16-18(26)24-13-7-10(19(20,21)22)3-6-15(13)29-16/h3-8,16H,9H2,1-2H3,(H,23,25)(H,24,26). The van der Waals surface area contributed by atoms with Gasteiger partial charge in [-0.1, -0.05) is 0 Å². The lowest BCUT2D eigenvalue weighted by Crippen LogP contribution is -2.32. The smallest absolute Gasteiger partial charge is 0.416 e. The third-order valence-corrected chi connectivity index (χ3v) is 5.46. The van der Waals surface area contributed by atoms with Crippen molar-refractivity contribution in [1.29, 1.82) is 0 Å². The van der Waals surface area contributed by atoms with Crippen molar-refractivity contribution in [3.8, 4) is 11.5 Å². The summed E-state index contributed by atoms with van der Waals surface area (Å²) in [6, 6.07) is 7.99. The summed E-state index contributed by atoms with van der Waals surface area (Å²) >= 11 is 1.05. The summed E-state index contributed by atoms with van der Waals surface area (Å²) in [6.45, 7) is 0. The molecule has 0 fully saturated rings. The van der Waals surface area contributed by atoms with E-state index in [0.29, 0.717) is 22.1 Å². The molecule has 2 N–H and O–H groups in total. The van der Waals surface area contributed by atoms with Gasteiger partial charge in [-0.25, -0.2) is 0 Å². The molecule has 6 nitrogen and oxygen atoms in total. The fraction of sp³-hybridized carbons (Fsp3) is 0.263. The van der Waals surface area contributed by atoms with E-state index in [2.05, 4.69) is 10.6 Å². The maximum atomic E-state index is 12.8. The third kappa shape index (κ3) is 4.76. The van der Waals surface area contributed by atoms with Gasteiger partial charge >= 0.3 is 6.18 Å². The number of amides is 2. The van der Waals surface area contributed by atoms with Gasteiger partial charge in [-0.2, -0.15) is 13.2 Å². The van der Waals surface area contributed by atoms with Gasteiger partial charge in [0.15, 0.2) is 0 Å². The highest BCUT2D eigenvalue weighted by Crippen LogP contribution is 2.40. The van der Waals surface area contributed by atoms with E-state index in [1.165, 1.54) is 20.3 Å². The number of anilines is 2. The second-order valence-electron chi connectivity index (χ2n) is 6.12. The molecule has 10 heteroatoms. The number of fused-ring (bicyclic) bond motifs is 1. The zero-order chi connectivity index (χ0) is 21.2. The number of carbonyl (C=O) groups is 2. The molecule has 0 saturated carbocycles. The Morgan fingerprint density at radius 2 is 1.93 bits per heavy atom. The molecular weight excluding hydrogens is 409 g/mol. The minimum absolute atomic E-state index is 0.0864. The van der Waals surface area contributed by atoms with Crippen LogP contribution < -0.4 is 20.1 Å². The van der Waals surface area contributed by atoms with Crippen LogP contribution in [0.3, 0.4) is 0 Å². The van der Waals surface area contributed by atoms with Crippen LogP contribution in [0.1, 0.15) is 12.0 Å². The van der Waals surface area contributed by atoms with Gasteiger partial charge in [0.25, 0.3) is 0 Å². The minimum Gasteiger partial charge on any atom is -0.497 e. The highest BCUT2D eigenvalue weighted by Gasteiger charge is 2.34. The van der Waals surface area contributed by atoms with E-state index in [0.717, 1.165) is 23.9 Å². The zero-order valence-electron chi connectivity index (χ0n) is 15.4. The van der Waals surface area contributed by atoms with Crippen LogP contribution in [0.25, 0.3) is 0 Å². The molecule has 1 heterocycles. The first-order chi connectivity index (χ1) is 13.7. The molecule has 0 radical (unpaired) electrons. The molecule has 0 saturated heterocycles. The number of ether oxygens (including phenoxy) is 2. The molecule has 2 aromatic rings. The number of alkyl halides is 3. The average Bonchev–Trinajstić information content (AvgIpc) is 2.67. The Hall–Kier alpha value is -2.88. The van der Waals surface area contributed by atoms with E-state index >= 15 is 0 Å². The summed E-state index contributed by atoms with van der Waals surface area (Å²) in [5.74, 6) is -0.0180. The van der Waals surface area contributed by atoms with Crippen LogP contribution in [0, 0.1) is 0 Å².